The summed E-state index contributed by atoms with van der Waals surface area (Å²) in [7, 11) is -1.65. The van der Waals surface area contributed by atoms with Crippen LogP contribution in [0.15, 0.2) is 70.4 Å². The molecule has 1 unspecified atom stereocenters. The summed E-state index contributed by atoms with van der Waals surface area (Å²) in [4.78, 5) is 15.3. The average Bonchev–Trinajstić information content (AvgIpc) is 2.99. The summed E-state index contributed by atoms with van der Waals surface area (Å²) in [6, 6.07) is 15.5. The summed E-state index contributed by atoms with van der Waals surface area (Å²) in [5.41, 5.74) is 3.51. The molecule has 10 heteroatoms. The summed E-state index contributed by atoms with van der Waals surface area (Å²) in [6.07, 6.45) is 0.0161. The lowest BCUT2D eigenvalue weighted by Crippen LogP contribution is -2.53. The molecule has 0 aromatic heterocycles. The fraction of sp³-hybridized carbons (Fsp3) is 0.393. The number of rotatable bonds is 8. The predicted octanol–water partition coefficient (Wildman–Crippen LogP) is 4.90. The van der Waals surface area contributed by atoms with E-state index in [4.69, 9.17) is 27.9 Å². The topological polar surface area (TPSA) is 75.7 Å². The first-order chi connectivity index (χ1) is 18.1. The second-order valence-electron chi connectivity index (χ2n) is 9.90. The van der Waals surface area contributed by atoms with E-state index in [2.05, 4.69) is 22.3 Å². The van der Waals surface area contributed by atoms with Gasteiger partial charge in [-0.2, -0.15) is 0 Å². The first-order valence-corrected chi connectivity index (χ1v) is 15.1. The first kappa shape index (κ1) is 28.6. The lowest BCUT2D eigenvalue weighted by Gasteiger charge is -2.38. The molecule has 0 amide bonds. The van der Waals surface area contributed by atoms with Gasteiger partial charge >= 0.3 is 5.97 Å². The van der Waals surface area contributed by atoms with Crippen LogP contribution in [0.1, 0.15) is 25.8 Å². The van der Waals surface area contributed by atoms with Gasteiger partial charge in [0.15, 0.2) is 15.5 Å². The SMILES string of the molecule is CC[N+]1(c2cccc(Cl)c2Cl)CCS(=O)(=O)C2=C(C1)NC(C)=C(C(=O)OCCN(C)Cc1ccccc1)C2. The third-order valence-electron chi connectivity index (χ3n) is 7.38. The highest BCUT2D eigenvalue weighted by Crippen LogP contribution is 2.40. The molecule has 0 saturated carbocycles. The number of ether oxygens (including phenoxy) is 1. The van der Waals surface area contributed by atoms with E-state index in [1.54, 1.807) is 13.0 Å². The van der Waals surface area contributed by atoms with Gasteiger partial charge in [-0.3, -0.25) is 9.38 Å². The van der Waals surface area contributed by atoms with E-state index in [1.165, 1.54) is 5.56 Å². The normalized spacial score (nSPS) is 21.1. The van der Waals surface area contributed by atoms with Crippen LogP contribution in [0.25, 0.3) is 0 Å². The van der Waals surface area contributed by atoms with E-state index in [9.17, 15) is 13.2 Å². The molecule has 0 aliphatic carbocycles. The Hall–Kier alpha value is -2.36. The zero-order valence-corrected chi connectivity index (χ0v) is 24.3. The Morgan fingerprint density at radius 1 is 1.13 bits per heavy atom. The van der Waals surface area contributed by atoms with Crippen molar-refractivity contribution in [2.24, 2.45) is 0 Å². The molecule has 0 saturated heterocycles. The van der Waals surface area contributed by atoms with Crippen molar-refractivity contribution in [3.8, 4) is 0 Å². The smallest absolute Gasteiger partial charge is 0.336 e. The number of carbonyl (C=O) groups is 1. The van der Waals surface area contributed by atoms with Gasteiger partial charge in [-0.1, -0.05) is 59.6 Å². The molecule has 2 aromatic rings. The van der Waals surface area contributed by atoms with Crippen molar-refractivity contribution < 1.29 is 17.9 Å². The maximum atomic E-state index is 13.4. The number of hydrogen-bond donors (Lipinski definition) is 1. The van der Waals surface area contributed by atoms with Gasteiger partial charge in [-0.05, 0) is 32.5 Å². The van der Waals surface area contributed by atoms with Crippen molar-refractivity contribution in [2.75, 3.05) is 45.6 Å². The number of hydrogen-bond acceptors (Lipinski definition) is 6. The van der Waals surface area contributed by atoms with Gasteiger partial charge in [0.25, 0.3) is 0 Å². The number of allylic oxidation sites excluding steroid dienone is 2. The molecule has 2 aliphatic heterocycles. The lowest BCUT2D eigenvalue weighted by atomic mass is 10.0. The monoisotopic (exact) mass is 578 g/mol. The number of dihydropyridines is 1. The summed E-state index contributed by atoms with van der Waals surface area (Å²) < 4.78 is 32.8. The van der Waals surface area contributed by atoms with Gasteiger partial charge in [0.1, 0.15) is 23.9 Å². The summed E-state index contributed by atoms with van der Waals surface area (Å²) in [5, 5.41) is 4.11. The minimum Gasteiger partial charge on any atom is -0.461 e. The van der Waals surface area contributed by atoms with Crippen LogP contribution in [0.3, 0.4) is 0 Å². The van der Waals surface area contributed by atoms with E-state index in [0.717, 1.165) is 12.2 Å². The number of esters is 1. The Morgan fingerprint density at radius 2 is 1.87 bits per heavy atom. The van der Waals surface area contributed by atoms with Crippen LogP contribution in [0, 0.1) is 0 Å². The Kier molecular flexibility index (Phi) is 8.89. The molecule has 2 aromatic carbocycles. The molecule has 0 fully saturated rings. The minimum atomic E-state index is -3.62. The molecule has 204 valence electrons. The Morgan fingerprint density at radius 3 is 2.58 bits per heavy atom. The Bertz CT molecular complexity index is 1380. The van der Waals surface area contributed by atoms with Crippen LogP contribution < -0.4 is 9.80 Å². The van der Waals surface area contributed by atoms with Gasteiger partial charge in [0.2, 0.25) is 0 Å². The average molecular weight is 580 g/mol. The number of carbonyl (C=O) groups excluding carboxylic acids is 1. The summed E-state index contributed by atoms with van der Waals surface area (Å²) >= 11 is 12.9. The fourth-order valence-electron chi connectivity index (χ4n) is 5.08. The van der Waals surface area contributed by atoms with Crippen molar-refractivity contribution in [2.45, 2.75) is 26.8 Å². The van der Waals surface area contributed by atoms with E-state index in [0.29, 0.717) is 57.7 Å². The van der Waals surface area contributed by atoms with Crippen LogP contribution in [-0.2, 0) is 25.9 Å². The second-order valence-corrected chi connectivity index (χ2v) is 12.8. The second kappa shape index (κ2) is 11.8. The molecule has 0 bridgehead atoms. The molecule has 2 aliphatic rings. The third-order valence-corrected chi connectivity index (χ3v) is 10.1. The van der Waals surface area contributed by atoms with Crippen LogP contribution in [0.4, 0.5) is 5.69 Å². The molecular formula is C28H34Cl2N3O4S+. The molecule has 4 rings (SSSR count). The molecular weight excluding hydrogens is 545 g/mol. The lowest BCUT2D eigenvalue weighted by molar-refractivity contribution is -0.139. The van der Waals surface area contributed by atoms with Gasteiger partial charge in [-0.15, -0.1) is 0 Å². The highest BCUT2D eigenvalue weighted by Gasteiger charge is 2.42. The van der Waals surface area contributed by atoms with Gasteiger partial charge < -0.3 is 10.1 Å². The number of likely N-dealkylation sites (N-methyl/N-ethyl adjacent to an activating group) is 2. The zero-order chi connectivity index (χ0) is 27.5. The van der Waals surface area contributed by atoms with E-state index in [-0.39, 0.29) is 23.7 Å². The molecule has 0 radical (unpaired) electrons. The Labute approximate surface area is 235 Å². The van der Waals surface area contributed by atoms with Gasteiger partial charge in [0, 0.05) is 31.3 Å². The number of nitrogens with one attached hydrogen (secondary N) is 1. The molecule has 0 spiro atoms. The number of sulfone groups is 1. The third kappa shape index (κ3) is 6.10. The van der Waals surface area contributed by atoms with Crippen LogP contribution in [0.5, 0.6) is 0 Å². The van der Waals surface area contributed by atoms with Crippen molar-refractivity contribution in [3.05, 3.63) is 86.0 Å². The first-order valence-electron chi connectivity index (χ1n) is 12.7. The quantitative estimate of drug-likeness (QED) is 0.354. The maximum absolute atomic E-state index is 13.4. The molecule has 2 heterocycles. The van der Waals surface area contributed by atoms with E-state index >= 15 is 0 Å². The molecule has 1 N–H and O–H groups in total. The number of halogens is 2. The van der Waals surface area contributed by atoms with Crippen molar-refractivity contribution in [3.63, 3.8) is 0 Å². The van der Waals surface area contributed by atoms with Crippen LogP contribution in [-0.4, -0.2) is 64.9 Å². The maximum Gasteiger partial charge on any atom is 0.336 e. The zero-order valence-electron chi connectivity index (χ0n) is 22.0. The molecule has 38 heavy (non-hydrogen) atoms. The van der Waals surface area contributed by atoms with Crippen LogP contribution >= 0.6 is 23.2 Å². The van der Waals surface area contributed by atoms with Gasteiger partial charge in [-0.25, -0.2) is 13.2 Å². The minimum absolute atomic E-state index is 0.0161. The largest absolute Gasteiger partial charge is 0.461 e. The standard InChI is InChI=1S/C28H33Cl2N3O4S/c1-4-33(25-12-8-11-23(29)27(25)30)14-16-38(35,36)26-17-22(20(2)31-24(26)19-33)28(34)37-15-13-32(3)18-21-9-6-5-7-10-21/h5-12H,4,13-19H2,1-3H3/p+1. The summed E-state index contributed by atoms with van der Waals surface area (Å²) in [5.74, 6) is -0.557. The van der Waals surface area contributed by atoms with Crippen molar-refractivity contribution >= 4 is 44.7 Å². The Balaban J connectivity index is 1.49. The number of benzene rings is 2. The molecule has 1 atom stereocenters. The summed E-state index contributed by atoms with van der Waals surface area (Å²) in [6.45, 7) is 6.68. The highest BCUT2D eigenvalue weighted by molar-refractivity contribution is 7.95. The van der Waals surface area contributed by atoms with E-state index < -0.39 is 15.8 Å². The van der Waals surface area contributed by atoms with E-state index in [1.807, 2.05) is 44.3 Å². The fourth-order valence-corrected chi connectivity index (χ4v) is 7.25. The van der Waals surface area contributed by atoms with Gasteiger partial charge in [0.05, 0.1) is 34.3 Å². The number of quaternary nitrogens is 1. The van der Waals surface area contributed by atoms with Crippen LogP contribution in [0.2, 0.25) is 10.0 Å². The van der Waals surface area contributed by atoms with Crippen molar-refractivity contribution in [1.82, 2.24) is 14.7 Å². The predicted molar refractivity (Wildman–Crippen MR) is 154 cm³/mol. The highest BCUT2D eigenvalue weighted by atomic mass is 35.5. The van der Waals surface area contributed by atoms with Crippen molar-refractivity contribution in [1.29, 1.82) is 0 Å². The molecule has 7 nitrogen and oxygen atoms in total. The number of nitrogens with zero attached hydrogens (tertiary/aromatic N) is 2.